The molecule has 1 N–H and O–H groups in total. The molecule has 1 saturated heterocycles. The number of carbonyl (C=O) groups is 3. The summed E-state index contributed by atoms with van der Waals surface area (Å²) >= 11 is 11.9. The molecule has 140 valence electrons. The lowest BCUT2D eigenvalue weighted by Gasteiger charge is -2.37. The fourth-order valence-corrected chi connectivity index (χ4v) is 5.60. The lowest BCUT2D eigenvalue weighted by Crippen LogP contribution is -2.46. The first-order chi connectivity index (χ1) is 12.9. The van der Waals surface area contributed by atoms with Gasteiger partial charge in [-0.2, -0.15) is 0 Å². The fraction of sp³-hybridized carbons (Fsp3) is 0.450. The van der Waals surface area contributed by atoms with Crippen LogP contribution < -0.4 is 5.32 Å². The Balaban J connectivity index is 1.37. The van der Waals surface area contributed by atoms with Gasteiger partial charge in [0, 0.05) is 5.69 Å². The molecule has 5 aliphatic rings. The fourth-order valence-electron chi connectivity index (χ4n) is 5.30. The summed E-state index contributed by atoms with van der Waals surface area (Å²) in [5.74, 6) is -0.0321. The summed E-state index contributed by atoms with van der Waals surface area (Å²) in [5, 5.41) is 3.43. The smallest absolute Gasteiger partial charge is 0.247 e. The van der Waals surface area contributed by atoms with Crippen LogP contribution in [0.4, 0.5) is 5.69 Å². The van der Waals surface area contributed by atoms with E-state index < -0.39 is 11.9 Å². The Bertz CT molecular complexity index is 878. The minimum Gasteiger partial charge on any atom is -0.324 e. The average Bonchev–Trinajstić information content (AvgIpc) is 3.42. The molecule has 7 atom stereocenters. The van der Waals surface area contributed by atoms with Crippen molar-refractivity contribution < 1.29 is 14.4 Å². The molecule has 0 aromatic heterocycles. The highest BCUT2D eigenvalue weighted by molar-refractivity contribution is 6.42. The van der Waals surface area contributed by atoms with Crippen molar-refractivity contribution in [3.63, 3.8) is 0 Å². The van der Waals surface area contributed by atoms with Crippen molar-refractivity contribution in [1.82, 2.24) is 4.90 Å². The van der Waals surface area contributed by atoms with Gasteiger partial charge < -0.3 is 5.32 Å². The van der Waals surface area contributed by atoms with Gasteiger partial charge in [0.15, 0.2) is 0 Å². The second kappa shape index (κ2) is 5.82. The third-order valence-electron chi connectivity index (χ3n) is 6.65. The number of benzene rings is 1. The van der Waals surface area contributed by atoms with Gasteiger partial charge in [-0.1, -0.05) is 35.4 Å². The van der Waals surface area contributed by atoms with Gasteiger partial charge in [-0.25, -0.2) is 0 Å². The van der Waals surface area contributed by atoms with E-state index in [-0.39, 0.29) is 35.5 Å². The van der Waals surface area contributed by atoms with Crippen LogP contribution >= 0.6 is 23.2 Å². The van der Waals surface area contributed by atoms with E-state index >= 15 is 0 Å². The van der Waals surface area contributed by atoms with E-state index in [9.17, 15) is 14.4 Å². The number of allylic oxidation sites excluding steroid dienone is 2. The third-order valence-corrected chi connectivity index (χ3v) is 7.39. The van der Waals surface area contributed by atoms with Crippen LogP contribution in [0.3, 0.4) is 0 Å². The van der Waals surface area contributed by atoms with E-state index in [4.69, 9.17) is 23.2 Å². The molecule has 0 radical (unpaired) electrons. The number of halogens is 2. The van der Waals surface area contributed by atoms with Crippen molar-refractivity contribution >= 4 is 46.6 Å². The number of anilines is 1. The van der Waals surface area contributed by atoms with Gasteiger partial charge in [0.05, 0.1) is 21.9 Å². The second-order valence-electron chi connectivity index (χ2n) is 8.00. The summed E-state index contributed by atoms with van der Waals surface area (Å²) in [6, 6.07) is 3.88. The number of rotatable bonds is 3. The van der Waals surface area contributed by atoms with Crippen molar-refractivity contribution in [3.8, 4) is 0 Å². The molecule has 1 heterocycles. The first-order valence-electron chi connectivity index (χ1n) is 9.19. The molecule has 0 unspecified atom stereocenters. The largest absolute Gasteiger partial charge is 0.324 e. The van der Waals surface area contributed by atoms with Gasteiger partial charge in [-0.15, -0.1) is 0 Å². The molecule has 0 spiro atoms. The van der Waals surface area contributed by atoms with Crippen LogP contribution in [0.2, 0.25) is 10.0 Å². The zero-order chi connectivity index (χ0) is 19.0. The average molecular weight is 405 g/mol. The molecule has 1 aliphatic heterocycles. The molecule has 6 rings (SSSR count). The number of carbonyl (C=O) groups excluding carboxylic acids is 3. The van der Waals surface area contributed by atoms with E-state index in [2.05, 4.69) is 17.5 Å². The number of hydrogen-bond donors (Lipinski definition) is 1. The van der Waals surface area contributed by atoms with E-state index in [1.807, 2.05) is 0 Å². The number of imide groups is 1. The highest BCUT2D eigenvalue weighted by Gasteiger charge is 2.67. The lowest BCUT2D eigenvalue weighted by atomic mass is 9.63. The van der Waals surface area contributed by atoms with Crippen LogP contribution in [-0.2, 0) is 14.4 Å². The Morgan fingerprint density at radius 2 is 1.67 bits per heavy atom. The standard InChI is InChI=1S/C20H18Cl2N2O3/c1-8(18(25)23-9-2-5-14(21)15(22)6-9)24-19(26)16-10-3-4-11(13-7-12(10)13)17(16)20(24)27/h2-6,8,10-13,16-17H,7H2,1H3,(H,23,25)/t8-,10+,11+,12+,13+,16-,17+/m0/s1. The molecular weight excluding hydrogens is 387 g/mol. The Labute approximate surface area is 166 Å². The maximum Gasteiger partial charge on any atom is 0.247 e. The van der Waals surface area contributed by atoms with Crippen molar-refractivity contribution in [3.05, 3.63) is 40.4 Å². The van der Waals surface area contributed by atoms with E-state index in [0.29, 0.717) is 27.6 Å². The van der Waals surface area contributed by atoms with Crippen molar-refractivity contribution in [2.24, 2.45) is 35.5 Å². The molecule has 4 aliphatic carbocycles. The van der Waals surface area contributed by atoms with E-state index in [1.54, 1.807) is 25.1 Å². The van der Waals surface area contributed by atoms with Crippen molar-refractivity contribution in [2.45, 2.75) is 19.4 Å². The normalized spacial score (nSPS) is 36.5. The number of hydrogen-bond acceptors (Lipinski definition) is 3. The Hall–Kier alpha value is -1.85. The summed E-state index contributed by atoms with van der Waals surface area (Å²) in [5.41, 5.74) is 0.473. The predicted molar refractivity (Wildman–Crippen MR) is 101 cm³/mol. The van der Waals surface area contributed by atoms with E-state index in [0.717, 1.165) is 6.42 Å². The second-order valence-corrected chi connectivity index (χ2v) is 8.81. The summed E-state index contributed by atoms with van der Waals surface area (Å²) in [6.45, 7) is 1.59. The zero-order valence-electron chi connectivity index (χ0n) is 14.6. The lowest BCUT2D eigenvalue weighted by molar-refractivity contribution is -0.146. The Kier molecular flexibility index (Phi) is 3.72. The molecule has 1 aromatic carbocycles. The molecule has 27 heavy (non-hydrogen) atoms. The minimum atomic E-state index is -0.874. The van der Waals surface area contributed by atoms with Gasteiger partial charge in [0.2, 0.25) is 17.7 Å². The summed E-state index contributed by atoms with van der Waals surface area (Å²) in [7, 11) is 0. The molecule has 5 nitrogen and oxygen atoms in total. The third kappa shape index (κ3) is 2.41. The minimum absolute atomic E-state index is 0.150. The quantitative estimate of drug-likeness (QED) is 0.620. The summed E-state index contributed by atoms with van der Waals surface area (Å²) in [6.07, 6.45) is 5.35. The summed E-state index contributed by atoms with van der Waals surface area (Å²) < 4.78 is 0. The van der Waals surface area contributed by atoms with Crippen molar-refractivity contribution in [1.29, 1.82) is 0 Å². The number of nitrogens with zero attached hydrogens (tertiary/aromatic N) is 1. The molecule has 2 bridgehead atoms. The van der Waals surface area contributed by atoms with Crippen molar-refractivity contribution in [2.75, 3.05) is 5.32 Å². The highest BCUT2D eigenvalue weighted by atomic mass is 35.5. The monoisotopic (exact) mass is 404 g/mol. The van der Waals surface area contributed by atoms with Gasteiger partial charge in [-0.3, -0.25) is 19.3 Å². The number of likely N-dealkylation sites (tertiary alicyclic amines) is 1. The SMILES string of the molecule is C[C@@H](C(=O)Nc1ccc(Cl)c(Cl)c1)N1C(=O)[C@@H]2[C@@H]3C=C[C@H]([C@H]4C[C@H]34)[C@@H]2C1=O. The van der Waals surface area contributed by atoms with Gasteiger partial charge in [-0.05, 0) is 55.2 Å². The van der Waals surface area contributed by atoms with Crippen LogP contribution in [0.1, 0.15) is 13.3 Å². The van der Waals surface area contributed by atoms with Gasteiger partial charge in [0.1, 0.15) is 6.04 Å². The van der Waals surface area contributed by atoms with Crippen LogP contribution in [0.5, 0.6) is 0 Å². The van der Waals surface area contributed by atoms with Gasteiger partial charge >= 0.3 is 0 Å². The molecule has 1 aromatic rings. The Morgan fingerprint density at radius 3 is 2.22 bits per heavy atom. The maximum atomic E-state index is 13.1. The topological polar surface area (TPSA) is 66.5 Å². The van der Waals surface area contributed by atoms with Gasteiger partial charge in [0.25, 0.3) is 0 Å². The molecule has 7 heteroatoms. The Morgan fingerprint density at radius 1 is 1.07 bits per heavy atom. The predicted octanol–water partition coefficient (Wildman–Crippen LogP) is 3.37. The van der Waals surface area contributed by atoms with Crippen LogP contribution in [0, 0.1) is 35.5 Å². The maximum absolute atomic E-state index is 13.1. The summed E-state index contributed by atoms with van der Waals surface area (Å²) in [4.78, 5) is 40.0. The number of amides is 3. The number of nitrogens with one attached hydrogen (secondary N) is 1. The van der Waals surface area contributed by atoms with Crippen LogP contribution in [-0.4, -0.2) is 28.7 Å². The van der Waals surface area contributed by atoms with Crippen LogP contribution in [0.15, 0.2) is 30.4 Å². The molecule has 2 saturated carbocycles. The zero-order valence-corrected chi connectivity index (χ0v) is 16.1. The first-order valence-corrected chi connectivity index (χ1v) is 9.95. The van der Waals surface area contributed by atoms with E-state index in [1.165, 1.54) is 4.90 Å². The highest BCUT2D eigenvalue weighted by Crippen LogP contribution is 2.65. The molecular formula is C20H18Cl2N2O3. The molecule has 3 fully saturated rings. The molecule has 3 amide bonds. The van der Waals surface area contributed by atoms with Crippen LogP contribution in [0.25, 0.3) is 0 Å². The first kappa shape index (κ1) is 17.3.